The number of nitrogens with one attached hydrogen (secondary N) is 1. The van der Waals surface area contributed by atoms with Crippen molar-refractivity contribution >= 4 is 14.2 Å². The second-order valence-electron chi connectivity index (χ2n) is 8.21. The standard InChI is InChI=1S/C21H35N3O2Si/c1-9-11-17(12-10-2)14-22-20(25)19-13-18(23-16(3)24-19)15-26-27(7,8)21(4,5)6/h9,11-13H,10,14-15H2,1-8H3,(H,22,25). The highest BCUT2D eigenvalue weighted by Crippen LogP contribution is 2.36. The van der Waals surface area contributed by atoms with E-state index in [9.17, 15) is 4.79 Å². The summed E-state index contributed by atoms with van der Waals surface area (Å²) in [4.78, 5) is 21.3. The summed E-state index contributed by atoms with van der Waals surface area (Å²) in [5.41, 5.74) is 2.21. The highest BCUT2D eigenvalue weighted by atomic mass is 28.4. The molecule has 0 atom stereocenters. The van der Waals surface area contributed by atoms with Crippen molar-refractivity contribution < 1.29 is 9.22 Å². The minimum absolute atomic E-state index is 0.129. The van der Waals surface area contributed by atoms with E-state index in [1.54, 1.807) is 13.0 Å². The largest absolute Gasteiger partial charge is 0.411 e. The van der Waals surface area contributed by atoms with Gasteiger partial charge in [0.2, 0.25) is 0 Å². The van der Waals surface area contributed by atoms with Crippen LogP contribution >= 0.6 is 0 Å². The van der Waals surface area contributed by atoms with Gasteiger partial charge in [0.15, 0.2) is 8.32 Å². The first kappa shape index (κ1) is 23.2. The summed E-state index contributed by atoms with van der Waals surface area (Å²) >= 11 is 0. The van der Waals surface area contributed by atoms with E-state index in [2.05, 4.69) is 62.1 Å². The molecule has 1 N–H and O–H groups in total. The van der Waals surface area contributed by atoms with E-state index in [-0.39, 0.29) is 10.9 Å². The van der Waals surface area contributed by atoms with Crippen LogP contribution in [0.3, 0.4) is 0 Å². The van der Waals surface area contributed by atoms with Gasteiger partial charge in [-0.15, -0.1) is 0 Å². The fourth-order valence-corrected chi connectivity index (χ4v) is 3.18. The number of rotatable bonds is 8. The molecular formula is C21H35N3O2Si. The monoisotopic (exact) mass is 389 g/mol. The lowest BCUT2D eigenvalue weighted by molar-refractivity contribution is 0.0951. The van der Waals surface area contributed by atoms with Gasteiger partial charge in [0, 0.05) is 6.54 Å². The molecule has 0 radical (unpaired) electrons. The zero-order valence-corrected chi connectivity index (χ0v) is 19.1. The molecule has 1 rings (SSSR count). The van der Waals surface area contributed by atoms with Gasteiger partial charge in [-0.1, -0.05) is 45.9 Å². The second kappa shape index (κ2) is 9.94. The lowest BCUT2D eigenvalue weighted by Crippen LogP contribution is -2.40. The van der Waals surface area contributed by atoms with Gasteiger partial charge >= 0.3 is 0 Å². The smallest absolute Gasteiger partial charge is 0.270 e. The van der Waals surface area contributed by atoms with Crippen molar-refractivity contribution in [2.45, 2.75) is 72.7 Å². The Morgan fingerprint density at radius 3 is 2.52 bits per heavy atom. The molecule has 6 heteroatoms. The highest BCUT2D eigenvalue weighted by molar-refractivity contribution is 6.74. The minimum Gasteiger partial charge on any atom is -0.411 e. The fraction of sp³-hybridized carbons (Fsp3) is 0.571. The van der Waals surface area contributed by atoms with Crippen LogP contribution in [0.5, 0.6) is 0 Å². The molecule has 0 aliphatic heterocycles. The van der Waals surface area contributed by atoms with Crippen LogP contribution in [-0.4, -0.2) is 30.7 Å². The first-order chi connectivity index (χ1) is 12.5. The van der Waals surface area contributed by atoms with Crippen LogP contribution < -0.4 is 5.32 Å². The van der Waals surface area contributed by atoms with Gasteiger partial charge in [-0.3, -0.25) is 4.79 Å². The van der Waals surface area contributed by atoms with Crippen molar-refractivity contribution in [2.24, 2.45) is 0 Å². The maximum absolute atomic E-state index is 12.5. The van der Waals surface area contributed by atoms with Crippen LogP contribution in [0.1, 0.15) is 63.0 Å². The number of allylic oxidation sites excluding steroid dienone is 2. The summed E-state index contributed by atoms with van der Waals surface area (Å²) in [7, 11) is -1.87. The Bertz CT molecular complexity index is 704. The molecule has 5 nitrogen and oxygen atoms in total. The van der Waals surface area contributed by atoms with E-state index in [4.69, 9.17) is 4.43 Å². The van der Waals surface area contributed by atoms with Gasteiger partial charge in [0.25, 0.3) is 5.91 Å². The fourth-order valence-electron chi connectivity index (χ4n) is 2.24. The van der Waals surface area contributed by atoms with Crippen LogP contribution in [0.4, 0.5) is 0 Å². The lowest BCUT2D eigenvalue weighted by atomic mass is 10.2. The molecule has 1 aromatic heterocycles. The maximum atomic E-state index is 12.5. The van der Waals surface area contributed by atoms with Gasteiger partial charge in [0.1, 0.15) is 11.5 Å². The normalized spacial score (nSPS) is 13.3. The molecule has 1 heterocycles. The third-order valence-electron chi connectivity index (χ3n) is 4.81. The molecule has 27 heavy (non-hydrogen) atoms. The summed E-state index contributed by atoms with van der Waals surface area (Å²) < 4.78 is 6.23. The molecule has 0 saturated heterocycles. The Morgan fingerprint density at radius 2 is 1.96 bits per heavy atom. The predicted molar refractivity (Wildman–Crippen MR) is 114 cm³/mol. The number of carbonyl (C=O) groups is 1. The summed E-state index contributed by atoms with van der Waals surface area (Å²) in [6.45, 7) is 17.8. The Hall–Kier alpha value is -1.79. The summed E-state index contributed by atoms with van der Waals surface area (Å²) in [5.74, 6) is 0.384. The zero-order valence-electron chi connectivity index (χ0n) is 18.1. The Morgan fingerprint density at radius 1 is 1.30 bits per heavy atom. The third-order valence-corrected chi connectivity index (χ3v) is 9.29. The molecule has 1 aromatic rings. The Labute approximate surface area is 165 Å². The number of hydrogen-bond donors (Lipinski definition) is 1. The molecule has 0 bridgehead atoms. The molecule has 0 spiro atoms. The van der Waals surface area contributed by atoms with Gasteiger partial charge < -0.3 is 9.74 Å². The van der Waals surface area contributed by atoms with Crippen molar-refractivity contribution in [2.75, 3.05) is 6.54 Å². The molecule has 1 amide bonds. The molecule has 0 saturated carbocycles. The zero-order chi connectivity index (χ0) is 20.7. The van der Waals surface area contributed by atoms with Crippen LogP contribution in [0.2, 0.25) is 18.1 Å². The second-order valence-corrected chi connectivity index (χ2v) is 13.0. The number of carbonyl (C=O) groups excluding carboxylic acids is 1. The number of aryl methyl sites for hydroxylation is 1. The molecular weight excluding hydrogens is 354 g/mol. The number of nitrogens with zero attached hydrogens (tertiary/aromatic N) is 2. The van der Waals surface area contributed by atoms with Crippen LogP contribution in [0.15, 0.2) is 29.9 Å². The molecule has 0 aliphatic rings. The molecule has 0 unspecified atom stereocenters. The van der Waals surface area contributed by atoms with Crippen LogP contribution in [0.25, 0.3) is 0 Å². The summed E-state index contributed by atoms with van der Waals surface area (Å²) in [5, 5.41) is 3.07. The summed E-state index contributed by atoms with van der Waals surface area (Å²) in [6.07, 6.45) is 7.01. The van der Waals surface area contributed by atoms with Gasteiger partial charge in [-0.05, 0) is 50.0 Å². The SMILES string of the molecule is CC=CC(=CCC)CNC(=O)c1cc(CO[Si](C)(C)C(C)(C)C)nc(C)n1. The molecule has 0 aliphatic carbocycles. The average molecular weight is 390 g/mol. The first-order valence-electron chi connectivity index (χ1n) is 9.58. The maximum Gasteiger partial charge on any atom is 0.270 e. The van der Waals surface area contributed by atoms with Crippen molar-refractivity contribution in [1.29, 1.82) is 0 Å². The Balaban J connectivity index is 2.86. The van der Waals surface area contributed by atoms with Gasteiger partial charge in [-0.25, -0.2) is 9.97 Å². The van der Waals surface area contributed by atoms with Crippen molar-refractivity contribution in [3.63, 3.8) is 0 Å². The van der Waals surface area contributed by atoms with E-state index in [1.165, 1.54) is 0 Å². The summed E-state index contributed by atoms with van der Waals surface area (Å²) in [6, 6.07) is 1.73. The Kier molecular flexibility index (Phi) is 8.56. The molecule has 0 aromatic carbocycles. The van der Waals surface area contributed by atoms with Crippen molar-refractivity contribution in [3.8, 4) is 0 Å². The number of aromatic nitrogens is 2. The van der Waals surface area contributed by atoms with Crippen molar-refractivity contribution in [1.82, 2.24) is 15.3 Å². The van der Waals surface area contributed by atoms with E-state index in [0.717, 1.165) is 17.7 Å². The third kappa shape index (κ3) is 7.38. The highest BCUT2D eigenvalue weighted by Gasteiger charge is 2.37. The van der Waals surface area contributed by atoms with E-state index >= 15 is 0 Å². The topological polar surface area (TPSA) is 64.1 Å². The lowest BCUT2D eigenvalue weighted by Gasteiger charge is -2.36. The average Bonchev–Trinajstić information content (AvgIpc) is 2.56. The van der Waals surface area contributed by atoms with Crippen molar-refractivity contribution in [3.05, 3.63) is 47.1 Å². The van der Waals surface area contributed by atoms with Gasteiger partial charge in [0.05, 0.1) is 12.3 Å². The number of hydrogen-bond acceptors (Lipinski definition) is 4. The predicted octanol–water partition coefficient (Wildman–Crippen LogP) is 4.95. The quantitative estimate of drug-likeness (QED) is 0.505. The van der Waals surface area contributed by atoms with Crippen LogP contribution in [0, 0.1) is 6.92 Å². The van der Waals surface area contributed by atoms with E-state index < -0.39 is 8.32 Å². The van der Waals surface area contributed by atoms with E-state index in [1.807, 2.05) is 19.1 Å². The minimum atomic E-state index is -1.87. The molecule has 150 valence electrons. The molecule has 0 fully saturated rings. The first-order valence-corrected chi connectivity index (χ1v) is 12.5. The number of amides is 1. The van der Waals surface area contributed by atoms with Gasteiger partial charge in [-0.2, -0.15) is 0 Å². The van der Waals surface area contributed by atoms with E-state index in [0.29, 0.717) is 24.7 Å². The van der Waals surface area contributed by atoms with Crippen LogP contribution in [-0.2, 0) is 11.0 Å².